The number of aromatic carboxylic acids is 1. The summed E-state index contributed by atoms with van der Waals surface area (Å²) in [4.78, 5) is 22.4. The number of carboxylic acids is 1. The highest BCUT2D eigenvalue weighted by Gasteiger charge is 2.08. The summed E-state index contributed by atoms with van der Waals surface area (Å²) in [7, 11) is 1.60. The van der Waals surface area contributed by atoms with Gasteiger partial charge in [0.2, 0.25) is 5.91 Å². The number of hydrogen-bond donors (Lipinski definition) is 2. The van der Waals surface area contributed by atoms with Gasteiger partial charge in [-0.1, -0.05) is 6.07 Å². The molecule has 0 aliphatic carbocycles. The van der Waals surface area contributed by atoms with Gasteiger partial charge in [0.1, 0.15) is 0 Å². The molecule has 0 saturated heterocycles. The van der Waals surface area contributed by atoms with E-state index in [1.807, 2.05) is 6.92 Å². The number of carboxylic acid groups (broad SMARTS) is 1. The number of hydrogen-bond acceptors (Lipinski definition) is 3. The third-order valence-corrected chi connectivity index (χ3v) is 2.57. The van der Waals surface area contributed by atoms with Gasteiger partial charge in [-0.15, -0.1) is 0 Å². The van der Waals surface area contributed by atoms with E-state index in [4.69, 9.17) is 9.84 Å². The van der Waals surface area contributed by atoms with E-state index in [9.17, 15) is 9.59 Å². The lowest BCUT2D eigenvalue weighted by molar-refractivity contribution is -0.116. The molecule has 0 aromatic heterocycles. The maximum absolute atomic E-state index is 11.6. The summed E-state index contributed by atoms with van der Waals surface area (Å²) >= 11 is 0. The van der Waals surface area contributed by atoms with Crippen LogP contribution in [0.4, 0.5) is 5.69 Å². The van der Waals surface area contributed by atoms with Gasteiger partial charge in [-0.2, -0.15) is 0 Å². The van der Waals surface area contributed by atoms with E-state index in [0.717, 1.165) is 0 Å². The SMILES string of the molecule is COC(C)CCC(=O)Nc1cccc(C(=O)O)c1. The van der Waals surface area contributed by atoms with E-state index in [0.29, 0.717) is 18.5 Å². The first-order valence-corrected chi connectivity index (χ1v) is 5.69. The van der Waals surface area contributed by atoms with Crippen molar-refractivity contribution < 1.29 is 19.4 Å². The van der Waals surface area contributed by atoms with Crippen molar-refractivity contribution in [3.8, 4) is 0 Å². The largest absolute Gasteiger partial charge is 0.478 e. The summed E-state index contributed by atoms with van der Waals surface area (Å²) < 4.78 is 5.04. The molecule has 1 amide bonds. The van der Waals surface area contributed by atoms with E-state index < -0.39 is 5.97 Å². The van der Waals surface area contributed by atoms with Crippen LogP contribution in [-0.4, -0.2) is 30.2 Å². The highest BCUT2D eigenvalue weighted by Crippen LogP contribution is 2.11. The quantitative estimate of drug-likeness (QED) is 0.812. The molecule has 0 aliphatic rings. The molecule has 1 aromatic rings. The Bertz CT molecular complexity index is 431. The minimum atomic E-state index is -1.01. The van der Waals surface area contributed by atoms with Crippen LogP contribution in [0.2, 0.25) is 0 Å². The molecule has 0 bridgehead atoms. The van der Waals surface area contributed by atoms with Gasteiger partial charge in [0, 0.05) is 19.2 Å². The molecule has 0 saturated carbocycles. The third-order valence-electron chi connectivity index (χ3n) is 2.57. The number of carbonyl (C=O) groups excluding carboxylic acids is 1. The van der Waals surface area contributed by atoms with Gasteiger partial charge >= 0.3 is 5.97 Å². The van der Waals surface area contributed by atoms with Gasteiger partial charge in [-0.3, -0.25) is 4.79 Å². The Kier molecular flexibility index (Phi) is 5.32. The molecule has 0 radical (unpaired) electrons. The predicted molar refractivity (Wildman–Crippen MR) is 67.7 cm³/mol. The number of benzene rings is 1. The predicted octanol–water partition coefficient (Wildman–Crippen LogP) is 2.14. The van der Waals surface area contributed by atoms with Crippen molar-refractivity contribution in [2.45, 2.75) is 25.9 Å². The average Bonchev–Trinajstić information content (AvgIpc) is 2.36. The number of amides is 1. The highest BCUT2D eigenvalue weighted by molar-refractivity contribution is 5.93. The Hall–Kier alpha value is -1.88. The molecule has 0 spiro atoms. The number of anilines is 1. The lowest BCUT2D eigenvalue weighted by Crippen LogP contribution is -2.15. The van der Waals surface area contributed by atoms with Crippen molar-refractivity contribution >= 4 is 17.6 Å². The van der Waals surface area contributed by atoms with Crippen LogP contribution in [0.25, 0.3) is 0 Å². The summed E-state index contributed by atoms with van der Waals surface area (Å²) in [5.41, 5.74) is 0.642. The van der Waals surface area contributed by atoms with Crippen molar-refractivity contribution in [1.29, 1.82) is 0 Å². The van der Waals surface area contributed by atoms with E-state index in [2.05, 4.69) is 5.32 Å². The molecule has 0 heterocycles. The maximum atomic E-state index is 11.6. The molecule has 2 N–H and O–H groups in total. The third kappa shape index (κ3) is 4.55. The normalized spacial score (nSPS) is 11.9. The van der Waals surface area contributed by atoms with Gasteiger partial charge in [-0.25, -0.2) is 4.79 Å². The topological polar surface area (TPSA) is 75.6 Å². The van der Waals surface area contributed by atoms with Crippen molar-refractivity contribution in [1.82, 2.24) is 0 Å². The van der Waals surface area contributed by atoms with Gasteiger partial charge in [0.25, 0.3) is 0 Å². The van der Waals surface area contributed by atoms with Gasteiger partial charge < -0.3 is 15.2 Å². The van der Waals surface area contributed by atoms with Crippen molar-refractivity contribution in [2.24, 2.45) is 0 Å². The van der Waals surface area contributed by atoms with Crippen molar-refractivity contribution in [3.63, 3.8) is 0 Å². The van der Waals surface area contributed by atoms with Gasteiger partial charge in [0.05, 0.1) is 11.7 Å². The molecular weight excluding hydrogens is 234 g/mol. The lowest BCUT2D eigenvalue weighted by Gasteiger charge is -2.09. The summed E-state index contributed by atoms with van der Waals surface area (Å²) in [5.74, 6) is -1.17. The standard InChI is InChI=1S/C13H17NO4/c1-9(18-2)6-7-12(15)14-11-5-3-4-10(8-11)13(16)17/h3-5,8-9H,6-7H2,1-2H3,(H,14,15)(H,16,17). The number of rotatable bonds is 6. The molecule has 98 valence electrons. The summed E-state index contributed by atoms with van der Waals surface area (Å²) in [6, 6.07) is 6.16. The molecule has 1 unspecified atom stereocenters. The molecule has 1 aromatic carbocycles. The smallest absolute Gasteiger partial charge is 0.335 e. The van der Waals surface area contributed by atoms with Crippen molar-refractivity contribution in [3.05, 3.63) is 29.8 Å². The monoisotopic (exact) mass is 251 g/mol. The van der Waals surface area contributed by atoms with Crippen LogP contribution in [0.15, 0.2) is 24.3 Å². The lowest BCUT2D eigenvalue weighted by atomic mass is 10.2. The van der Waals surface area contributed by atoms with E-state index in [1.54, 1.807) is 19.2 Å². The van der Waals surface area contributed by atoms with Crippen LogP contribution in [0.3, 0.4) is 0 Å². The average molecular weight is 251 g/mol. The zero-order valence-electron chi connectivity index (χ0n) is 10.5. The van der Waals surface area contributed by atoms with Crippen LogP contribution in [0.1, 0.15) is 30.1 Å². The summed E-state index contributed by atoms with van der Waals surface area (Å²) in [6.07, 6.45) is 0.994. The Morgan fingerprint density at radius 2 is 2.17 bits per heavy atom. The zero-order chi connectivity index (χ0) is 13.5. The fraction of sp³-hybridized carbons (Fsp3) is 0.385. The van der Waals surface area contributed by atoms with Crippen LogP contribution in [0, 0.1) is 0 Å². The van der Waals surface area contributed by atoms with E-state index >= 15 is 0 Å². The number of methoxy groups -OCH3 is 1. The fourth-order valence-electron chi connectivity index (χ4n) is 1.41. The second-order valence-corrected chi connectivity index (χ2v) is 4.02. The summed E-state index contributed by atoms with van der Waals surface area (Å²) in [5, 5.41) is 11.5. The first-order valence-electron chi connectivity index (χ1n) is 5.69. The molecule has 5 nitrogen and oxygen atoms in total. The second-order valence-electron chi connectivity index (χ2n) is 4.02. The van der Waals surface area contributed by atoms with Gasteiger partial charge in [-0.05, 0) is 31.5 Å². The molecule has 18 heavy (non-hydrogen) atoms. The molecule has 0 fully saturated rings. The molecule has 1 atom stereocenters. The number of ether oxygens (including phenoxy) is 1. The Labute approximate surface area is 106 Å². The van der Waals surface area contributed by atoms with Crippen molar-refractivity contribution in [2.75, 3.05) is 12.4 Å². The highest BCUT2D eigenvalue weighted by atomic mass is 16.5. The molecule has 1 rings (SSSR count). The van der Waals surface area contributed by atoms with E-state index in [-0.39, 0.29) is 17.6 Å². The first-order chi connectivity index (χ1) is 8.52. The Morgan fingerprint density at radius 1 is 1.44 bits per heavy atom. The number of carbonyl (C=O) groups is 2. The van der Waals surface area contributed by atoms with Crippen LogP contribution < -0.4 is 5.32 Å². The maximum Gasteiger partial charge on any atom is 0.335 e. The van der Waals surface area contributed by atoms with Crippen LogP contribution >= 0.6 is 0 Å². The second kappa shape index (κ2) is 6.76. The molecule has 0 aliphatic heterocycles. The zero-order valence-corrected chi connectivity index (χ0v) is 10.5. The Morgan fingerprint density at radius 3 is 2.78 bits per heavy atom. The minimum absolute atomic E-state index is 0.0288. The first kappa shape index (κ1) is 14.2. The number of nitrogens with one attached hydrogen (secondary N) is 1. The fourth-order valence-corrected chi connectivity index (χ4v) is 1.41. The van der Waals surface area contributed by atoms with Crippen LogP contribution in [-0.2, 0) is 9.53 Å². The molecule has 5 heteroatoms. The summed E-state index contributed by atoms with van der Waals surface area (Å²) in [6.45, 7) is 1.89. The Balaban J connectivity index is 2.54. The minimum Gasteiger partial charge on any atom is -0.478 e. The van der Waals surface area contributed by atoms with Gasteiger partial charge in [0.15, 0.2) is 0 Å². The van der Waals surface area contributed by atoms with Crippen LogP contribution in [0.5, 0.6) is 0 Å². The van der Waals surface area contributed by atoms with E-state index in [1.165, 1.54) is 12.1 Å². The molecular formula is C13H17NO4.